The van der Waals surface area contributed by atoms with Gasteiger partial charge in [-0.1, -0.05) is 24.8 Å². The van der Waals surface area contributed by atoms with Crippen LogP contribution >= 0.6 is 0 Å². The third kappa shape index (κ3) is 5.05. The Hall–Kier alpha value is -3.42. The van der Waals surface area contributed by atoms with E-state index in [2.05, 4.69) is 16.9 Å². The topological polar surface area (TPSA) is 108 Å². The Kier molecular flexibility index (Phi) is 6.34. The van der Waals surface area contributed by atoms with Gasteiger partial charge >= 0.3 is 0 Å². The van der Waals surface area contributed by atoms with Crippen LogP contribution in [0.15, 0.2) is 70.9 Å². The Morgan fingerprint density at radius 1 is 1.38 bits per heavy atom. The van der Waals surface area contributed by atoms with Crippen LogP contribution in [-0.2, 0) is 16.0 Å². The summed E-state index contributed by atoms with van der Waals surface area (Å²) in [6, 6.07) is 3.26. The third-order valence-electron chi connectivity index (χ3n) is 6.85. The first-order valence-electron chi connectivity index (χ1n) is 11.6. The van der Waals surface area contributed by atoms with Gasteiger partial charge in [-0.05, 0) is 61.8 Å². The number of halogens is 1. The molecule has 8 heteroatoms. The lowest BCUT2D eigenvalue weighted by Gasteiger charge is -2.25. The molecule has 1 aliphatic heterocycles. The fraction of sp³-hybridized carbons (Fsp3) is 0.423. The molecule has 3 aliphatic rings. The van der Waals surface area contributed by atoms with Crippen molar-refractivity contribution in [3.63, 3.8) is 0 Å². The highest BCUT2D eigenvalue weighted by Gasteiger charge is 2.60. The zero-order chi connectivity index (χ0) is 24.5. The van der Waals surface area contributed by atoms with E-state index >= 15 is 0 Å². The molecule has 4 rings (SSSR count). The van der Waals surface area contributed by atoms with E-state index in [1.54, 1.807) is 29.3 Å². The third-order valence-corrected chi connectivity index (χ3v) is 6.85. The molecule has 34 heavy (non-hydrogen) atoms. The Labute approximate surface area is 198 Å². The summed E-state index contributed by atoms with van der Waals surface area (Å²) in [6.07, 6.45) is 11.7. The molecule has 0 aromatic carbocycles. The van der Waals surface area contributed by atoms with Crippen LogP contribution in [-0.4, -0.2) is 46.0 Å². The highest BCUT2D eigenvalue weighted by atomic mass is 19.1. The minimum Gasteiger partial charge on any atom is -0.398 e. The molecule has 2 heterocycles. The van der Waals surface area contributed by atoms with E-state index in [0.29, 0.717) is 36.1 Å². The summed E-state index contributed by atoms with van der Waals surface area (Å²) in [5.41, 5.74) is 6.79. The van der Waals surface area contributed by atoms with Crippen LogP contribution < -0.4 is 16.6 Å². The fourth-order valence-corrected chi connectivity index (χ4v) is 5.12. The second-order valence-electron chi connectivity index (χ2n) is 9.82. The monoisotopic (exact) mass is 466 g/mol. The summed E-state index contributed by atoms with van der Waals surface area (Å²) >= 11 is 0. The zero-order valence-electron chi connectivity index (χ0n) is 19.4. The van der Waals surface area contributed by atoms with Crippen molar-refractivity contribution in [2.75, 3.05) is 13.1 Å². The molecular weight excluding hydrogens is 435 g/mol. The van der Waals surface area contributed by atoms with Gasteiger partial charge in [0.25, 0.3) is 5.91 Å². The van der Waals surface area contributed by atoms with Crippen molar-refractivity contribution in [1.82, 2.24) is 15.2 Å². The molecule has 1 aromatic heterocycles. The average molecular weight is 467 g/mol. The minimum atomic E-state index is -1.39. The summed E-state index contributed by atoms with van der Waals surface area (Å²) in [4.78, 5) is 41.5. The maximum Gasteiger partial charge on any atom is 0.252 e. The van der Waals surface area contributed by atoms with Crippen LogP contribution in [0.2, 0.25) is 0 Å². The number of aromatic amines is 1. The molecular formula is C26H31FN4O3. The van der Waals surface area contributed by atoms with Crippen molar-refractivity contribution in [2.45, 2.75) is 50.2 Å². The number of hydrogen-bond acceptors (Lipinski definition) is 4. The highest BCUT2D eigenvalue weighted by molar-refractivity contribution is 6.00. The van der Waals surface area contributed by atoms with Crippen molar-refractivity contribution >= 4 is 11.8 Å². The van der Waals surface area contributed by atoms with Gasteiger partial charge in [-0.25, -0.2) is 4.39 Å². The molecule has 7 nitrogen and oxygen atoms in total. The molecule has 2 fully saturated rings. The molecule has 1 saturated heterocycles. The number of nitrogens with two attached hydrogens (primary N) is 1. The summed E-state index contributed by atoms with van der Waals surface area (Å²) in [6.45, 7) is 5.10. The van der Waals surface area contributed by atoms with E-state index in [-0.39, 0.29) is 36.0 Å². The first-order valence-corrected chi connectivity index (χ1v) is 11.6. The largest absolute Gasteiger partial charge is 0.398 e. The number of pyridine rings is 1. The van der Waals surface area contributed by atoms with Crippen LogP contribution in [0.25, 0.3) is 0 Å². The average Bonchev–Trinajstić information content (AvgIpc) is 3.50. The van der Waals surface area contributed by atoms with Gasteiger partial charge in [0.05, 0.1) is 13.1 Å². The van der Waals surface area contributed by atoms with Crippen molar-refractivity contribution in [2.24, 2.45) is 11.7 Å². The van der Waals surface area contributed by atoms with E-state index < -0.39 is 11.6 Å². The number of H-pyrrole nitrogens is 1. The zero-order valence-corrected chi connectivity index (χ0v) is 19.4. The second-order valence-corrected chi connectivity index (χ2v) is 9.82. The van der Waals surface area contributed by atoms with Crippen LogP contribution in [0.3, 0.4) is 0 Å². The lowest BCUT2D eigenvalue weighted by Crippen LogP contribution is -2.44. The van der Waals surface area contributed by atoms with Gasteiger partial charge in [0, 0.05) is 35.5 Å². The molecule has 1 saturated carbocycles. The molecule has 2 atom stereocenters. The summed E-state index contributed by atoms with van der Waals surface area (Å²) in [5, 5.41) is 2.70. The number of nitrogens with zero attached hydrogens (tertiary/aromatic N) is 1. The van der Waals surface area contributed by atoms with E-state index in [9.17, 15) is 18.8 Å². The molecule has 0 radical (unpaired) electrons. The van der Waals surface area contributed by atoms with Crippen molar-refractivity contribution in [3.8, 4) is 0 Å². The number of allylic oxidation sites excluding steroid dienone is 4. The van der Waals surface area contributed by atoms with Gasteiger partial charge in [-0.15, -0.1) is 0 Å². The quantitative estimate of drug-likeness (QED) is 0.424. The molecule has 1 spiro atoms. The standard InChI is InChI=1S/C26H31FN4O3/c1-3-4-19(20-12-17(5-7-21(20)28)11-18-6-8-22(32)29-13-18)24(34)30-14-23(33)31-16-25(2,27)15-26(31)9-10-26/h3-8,13,17H,1,9-12,14-16,28H2,2H3,(H,29,32)(H,30,34)/b19-4+. The molecule has 180 valence electrons. The Bertz CT molecular complexity index is 1140. The summed E-state index contributed by atoms with van der Waals surface area (Å²) < 4.78 is 14.5. The van der Waals surface area contributed by atoms with Crippen molar-refractivity contribution < 1.29 is 14.0 Å². The van der Waals surface area contributed by atoms with Crippen LogP contribution in [0.4, 0.5) is 4.39 Å². The van der Waals surface area contributed by atoms with E-state index in [1.165, 1.54) is 19.1 Å². The Morgan fingerprint density at radius 3 is 2.79 bits per heavy atom. The lowest BCUT2D eigenvalue weighted by molar-refractivity contribution is -0.133. The molecule has 2 aliphatic carbocycles. The van der Waals surface area contributed by atoms with Crippen LogP contribution in [0.1, 0.15) is 38.2 Å². The van der Waals surface area contributed by atoms with Gasteiger partial charge in [-0.2, -0.15) is 0 Å². The smallest absolute Gasteiger partial charge is 0.252 e. The second kappa shape index (κ2) is 9.08. The number of rotatable bonds is 7. The molecule has 2 amide bonds. The summed E-state index contributed by atoms with van der Waals surface area (Å²) in [7, 11) is 0. The number of nitrogens with one attached hydrogen (secondary N) is 2. The molecule has 1 aromatic rings. The van der Waals surface area contributed by atoms with Crippen molar-refractivity contribution in [3.05, 3.63) is 82.0 Å². The number of likely N-dealkylation sites (tertiary alicyclic amines) is 1. The SMILES string of the molecule is C=C/C=C(/C(=O)NCC(=O)N1CC(C)(F)CC12CC2)C1=C(N)C=CC(Cc2ccc(=O)[nH]c2)C1. The number of amides is 2. The van der Waals surface area contributed by atoms with Gasteiger partial charge < -0.3 is 20.9 Å². The number of alkyl halides is 1. The predicted molar refractivity (Wildman–Crippen MR) is 128 cm³/mol. The predicted octanol–water partition coefficient (Wildman–Crippen LogP) is 2.43. The van der Waals surface area contributed by atoms with Crippen LogP contribution in [0.5, 0.6) is 0 Å². The maximum absolute atomic E-state index is 14.5. The fourth-order valence-electron chi connectivity index (χ4n) is 5.12. The van der Waals surface area contributed by atoms with Crippen LogP contribution in [0, 0.1) is 5.92 Å². The van der Waals surface area contributed by atoms with Gasteiger partial charge in [0.2, 0.25) is 11.5 Å². The van der Waals surface area contributed by atoms with Gasteiger partial charge in [0.15, 0.2) is 0 Å². The molecule has 2 unspecified atom stereocenters. The Balaban J connectivity index is 1.42. The number of hydrogen-bond donors (Lipinski definition) is 3. The van der Waals surface area contributed by atoms with Crippen molar-refractivity contribution in [1.29, 1.82) is 0 Å². The minimum absolute atomic E-state index is 0.0619. The first-order chi connectivity index (χ1) is 16.1. The van der Waals surface area contributed by atoms with Gasteiger partial charge in [-0.3, -0.25) is 14.4 Å². The number of carbonyl (C=O) groups is 2. The van der Waals surface area contributed by atoms with E-state index in [1.807, 2.05) is 6.08 Å². The lowest BCUT2D eigenvalue weighted by atomic mass is 9.84. The van der Waals surface area contributed by atoms with E-state index in [0.717, 1.165) is 18.4 Å². The first kappa shape index (κ1) is 23.7. The Morgan fingerprint density at radius 2 is 2.15 bits per heavy atom. The molecule has 0 bridgehead atoms. The normalized spacial score (nSPS) is 25.5. The van der Waals surface area contributed by atoms with E-state index in [4.69, 9.17) is 5.73 Å². The number of aromatic nitrogens is 1. The highest BCUT2D eigenvalue weighted by Crippen LogP contribution is 2.53. The maximum atomic E-state index is 14.5. The number of carbonyl (C=O) groups excluding carboxylic acids is 2. The summed E-state index contributed by atoms with van der Waals surface area (Å²) in [5.74, 6) is -0.611. The molecule has 4 N–H and O–H groups in total. The van der Waals surface area contributed by atoms with Gasteiger partial charge in [0.1, 0.15) is 5.67 Å².